The summed E-state index contributed by atoms with van der Waals surface area (Å²) in [5.74, 6) is -0.139. The Kier molecular flexibility index (Phi) is 6.10. The maximum atomic E-state index is 12.5. The molecule has 3 aromatic rings. The molecule has 0 atom stereocenters. The number of benzene rings is 2. The largest absolute Gasteiger partial charge is 0.323 e. The molecule has 3 rings (SSSR count). The number of rotatable bonds is 5. The number of urea groups is 1. The van der Waals surface area contributed by atoms with Gasteiger partial charge >= 0.3 is 6.03 Å². The van der Waals surface area contributed by atoms with Crippen LogP contribution in [0.4, 0.5) is 21.9 Å². The summed E-state index contributed by atoms with van der Waals surface area (Å²) >= 11 is 3.42. The number of hydrogen-bond acceptors (Lipinski definition) is 3. The number of anilines is 3. The van der Waals surface area contributed by atoms with Crippen molar-refractivity contribution in [3.8, 4) is 0 Å². The molecular formula is C20H20BrN5O2. The van der Waals surface area contributed by atoms with Crippen molar-refractivity contribution in [1.82, 2.24) is 10.2 Å². The number of para-hydroxylation sites is 1. The summed E-state index contributed by atoms with van der Waals surface area (Å²) in [4.78, 5) is 24.6. The number of carbonyl (C=O) groups is 2. The monoisotopic (exact) mass is 441 g/mol. The molecule has 3 amide bonds. The first-order valence-corrected chi connectivity index (χ1v) is 9.51. The fraction of sp³-hybridized carbons (Fsp3) is 0.150. The number of H-pyrrole nitrogens is 1. The van der Waals surface area contributed by atoms with E-state index in [-0.39, 0.29) is 23.6 Å². The third-order valence-corrected chi connectivity index (χ3v) is 4.74. The molecule has 7 nitrogen and oxygen atoms in total. The molecule has 0 spiro atoms. The van der Waals surface area contributed by atoms with E-state index >= 15 is 0 Å². The van der Waals surface area contributed by atoms with Crippen LogP contribution in [-0.2, 0) is 0 Å². The Morgan fingerprint density at radius 1 is 0.929 bits per heavy atom. The van der Waals surface area contributed by atoms with Crippen molar-refractivity contribution in [2.45, 2.75) is 19.8 Å². The number of hydrogen-bond donors (Lipinski definition) is 4. The third-order valence-electron chi connectivity index (χ3n) is 3.93. The average Bonchev–Trinajstić information content (AvgIpc) is 3.04. The van der Waals surface area contributed by atoms with Crippen molar-refractivity contribution >= 4 is 44.9 Å². The van der Waals surface area contributed by atoms with E-state index in [4.69, 9.17) is 0 Å². The van der Waals surface area contributed by atoms with Gasteiger partial charge in [0, 0.05) is 17.1 Å². The molecule has 0 saturated carbocycles. The van der Waals surface area contributed by atoms with Crippen molar-refractivity contribution in [2.75, 3.05) is 16.0 Å². The van der Waals surface area contributed by atoms with E-state index in [2.05, 4.69) is 42.1 Å². The predicted octanol–water partition coefficient (Wildman–Crippen LogP) is 5.19. The van der Waals surface area contributed by atoms with Crippen LogP contribution in [0.3, 0.4) is 0 Å². The van der Waals surface area contributed by atoms with E-state index in [1.54, 1.807) is 36.4 Å². The molecule has 0 fully saturated rings. The van der Waals surface area contributed by atoms with E-state index in [0.29, 0.717) is 21.5 Å². The van der Waals surface area contributed by atoms with Gasteiger partial charge in [-0.15, -0.1) is 0 Å². The van der Waals surface area contributed by atoms with Crippen LogP contribution in [0.2, 0.25) is 0 Å². The highest BCUT2D eigenvalue weighted by molar-refractivity contribution is 9.10. The van der Waals surface area contributed by atoms with Crippen LogP contribution in [0.5, 0.6) is 0 Å². The van der Waals surface area contributed by atoms with E-state index in [1.165, 1.54) is 0 Å². The Labute approximate surface area is 171 Å². The molecule has 1 aromatic heterocycles. The van der Waals surface area contributed by atoms with Gasteiger partial charge in [-0.2, -0.15) is 5.10 Å². The summed E-state index contributed by atoms with van der Waals surface area (Å²) in [5.41, 5.74) is 2.93. The van der Waals surface area contributed by atoms with Gasteiger partial charge in [0.1, 0.15) is 0 Å². The second kappa shape index (κ2) is 8.71. The van der Waals surface area contributed by atoms with Crippen molar-refractivity contribution in [2.24, 2.45) is 0 Å². The molecule has 144 valence electrons. The number of aromatic amines is 1. The minimum absolute atomic E-state index is 0.207. The zero-order chi connectivity index (χ0) is 20.1. The number of carbonyl (C=O) groups excluding carboxylic acids is 2. The van der Waals surface area contributed by atoms with Gasteiger partial charge in [-0.1, -0.05) is 38.1 Å². The van der Waals surface area contributed by atoms with Crippen molar-refractivity contribution in [1.29, 1.82) is 0 Å². The van der Waals surface area contributed by atoms with E-state index in [0.717, 1.165) is 5.69 Å². The molecule has 1 heterocycles. The lowest BCUT2D eigenvalue weighted by atomic mass is 10.1. The van der Waals surface area contributed by atoms with Crippen LogP contribution in [0.25, 0.3) is 0 Å². The Balaban J connectivity index is 1.66. The molecule has 4 N–H and O–H groups in total. The van der Waals surface area contributed by atoms with Gasteiger partial charge in [-0.3, -0.25) is 9.89 Å². The van der Waals surface area contributed by atoms with Crippen LogP contribution < -0.4 is 16.0 Å². The second-order valence-electron chi connectivity index (χ2n) is 6.43. The van der Waals surface area contributed by atoms with Crippen LogP contribution in [0, 0.1) is 0 Å². The molecule has 8 heteroatoms. The quantitative estimate of drug-likeness (QED) is 0.438. The Hall–Kier alpha value is -3.13. The number of nitrogens with zero attached hydrogens (tertiary/aromatic N) is 1. The molecule has 0 aliphatic carbocycles. The van der Waals surface area contributed by atoms with Gasteiger partial charge in [0.05, 0.1) is 10.2 Å². The lowest BCUT2D eigenvalue weighted by molar-refractivity contribution is 0.102. The molecular weight excluding hydrogens is 422 g/mol. The minimum Gasteiger partial charge on any atom is -0.320 e. The summed E-state index contributed by atoms with van der Waals surface area (Å²) in [6.45, 7) is 4.02. The van der Waals surface area contributed by atoms with Crippen molar-refractivity contribution < 1.29 is 9.59 Å². The standard InChI is InChI=1S/C20H20BrN5O2/c1-12(2)17-16(21)18(26-25-17)19(27)22-14-9-6-10-15(11-14)24-20(28)23-13-7-4-3-5-8-13/h3-12H,1-2H3,(H,22,27)(H,25,26)(H2,23,24,28). The smallest absolute Gasteiger partial charge is 0.320 e. The highest BCUT2D eigenvalue weighted by Crippen LogP contribution is 2.26. The SMILES string of the molecule is CC(C)c1[nH]nc(C(=O)Nc2cccc(NC(=O)Nc3ccccc3)c2)c1Br. The fourth-order valence-electron chi connectivity index (χ4n) is 2.55. The Bertz CT molecular complexity index is 985. The summed E-state index contributed by atoms with van der Waals surface area (Å²) in [7, 11) is 0. The zero-order valence-corrected chi connectivity index (χ0v) is 17.0. The average molecular weight is 442 g/mol. The molecule has 0 bridgehead atoms. The van der Waals surface area contributed by atoms with Gasteiger partial charge in [0.25, 0.3) is 5.91 Å². The Morgan fingerprint density at radius 3 is 2.18 bits per heavy atom. The van der Waals surface area contributed by atoms with E-state index in [1.807, 2.05) is 32.0 Å². The van der Waals surface area contributed by atoms with Gasteiger partial charge in [-0.25, -0.2) is 4.79 Å². The lowest BCUT2D eigenvalue weighted by Gasteiger charge is -2.09. The highest BCUT2D eigenvalue weighted by Gasteiger charge is 2.19. The summed E-state index contributed by atoms with van der Waals surface area (Å²) in [5, 5.41) is 15.2. The van der Waals surface area contributed by atoms with Crippen molar-refractivity contribution in [3.63, 3.8) is 0 Å². The first-order valence-electron chi connectivity index (χ1n) is 8.72. The lowest BCUT2D eigenvalue weighted by Crippen LogP contribution is -2.19. The highest BCUT2D eigenvalue weighted by atomic mass is 79.9. The minimum atomic E-state index is -0.369. The maximum absolute atomic E-state index is 12.5. The van der Waals surface area contributed by atoms with Crippen molar-refractivity contribution in [3.05, 3.63) is 70.5 Å². The number of aromatic nitrogens is 2. The zero-order valence-electron chi connectivity index (χ0n) is 15.4. The van der Waals surface area contributed by atoms with Gasteiger partial charge < -0.3 is 16.0 Å². The van der Waals surface area contributed by atoms with Crippen LogP contribution in [0.15, 0.2) is 59.1 Å². The fourth-order valence-corrected chi connectivity index (χ4v) is 3.37. The van der Waals surface area contributed by atoms with Crippen LogP contribution in [0.1, 0.15) is 35.9 Å². The molecule has 0 radical (unpaired) electrons. The van der Waals surface area contributed by atoms with E-state index < -0.39 is 0 Å². The second-order valence-corrected chi connectivity index (χ2v) is 7.23. The van der Waals surface area contributed by atoms with Gasteiger partial charge in [0.15, 0.2) is 5.69 Å². The number of halogens is 1. The molecule has 0 aliphatic rings. The molecule has 28 heavy (non-hydrogen) atoms. The number of nitrogens with one attached hydrogen (secondary N) is 4. The topological polar surface area (TPSA) is 98.9 Å². The summed E-state index contributed by atoms with van der Waals surface area (Å²) in [6.07, 6.45) is 0. The van der Waals surface area contributed by atoms with Crippen LogP contribution >= 0.6 is 15.9 Å². The van der Waals surface area contributed by atoms with E-state index in [9.17, 15) is 9.59 Å². The summed E-state index contributed by atoms with van der Waals surface area (Å²) < 4.78 is 0.650. The first kappa shape index (κ1) is 19.6. The molecule has 0 aliphatic heterocycles. The summed E-state index contributed by atoms with van der Waals surface area (Å²) in [6, 6.07) is 15.7. The third kappa shape index (κ3) is 4.77. The van der Waals surface area contributed by atoms with Crippen LogP contribution in [-0.4, -0.2) is 22.1 Å². The van der Waals surface area contributed by atoms with Gasteiger partial charge in [0.2, 0.25) is 0 Å². The maximum Gasteiger partial charge on any atom is 0.323 e. The molecule has 0 saturated heterocycles. The number of amides is 3. The normalized spacial score (nSPS) is 10.6. The predicted molar refractivity (Wildman–Crippen MR) is 114 cm³/mol. The Morgan fingerprint density at radius 2 is 1.54 bits per heavy atom. The molecule has 2 aromatic carbocycles. The first-order chi connectivity index (χ1) is 13.4. The van der Waals surface area contributed by atoms with Gasteiger partial charge in [-0.05, 0) is 52.2 Å². The molecule has 0 unspecified atom stereocenters.